The third-order valence-electron chi connectivity index (χ3n) is 4.31. The lowest BCUT2D eigenvalue weighted by Crippen LogP contribution is -2.27. The number of rotatable bonds is 3. The second-order valence-electron chi connectivity index (χ2n) is 6.02. The molecule has 1 N–H and O–H groups in total. The predicted octanol–water partition coefficient (Wildman–Crippen LogP) is 4.31. The van der Waals surface area contributed by atoms with Crippen molar-refractivity contribution in [3.8, 4) is 11.5 Å². The van der Waals surface area contributed by atoms with Gasteiger partial charge in [0, 0.05) is 19.0 Å². The maximum atomic E-state index is 6.33. The van der Waals surface area contributed by atoms with Gasteiger partial charge in [0.05, 0.1) is 18.2 Å². The first-order valence-corrected chi connectivity index (χ1v) is 8.52. The summed E-state index contributed by atoms with van der Waals surface area (Å²) in [6.45, 7) is 2.22. The van der Waals surface area contributed by atoms with Crippen LogP contribution in [0.15, 0.2) is 12.1 Å². The van der Waals surface area contributed by atoms with Gasteiger partial charge in [-0.1, -0.05) is 37.3 Å². The van der Waals surface area contributed by atoms with Crippen molar-refractivity contribution in [1.82, 2.24) is 5.32 Å². The van der Waals surface area contributed by atoms with Crippen LogP contribution in [0.4, 0.5) is 0 Å². The third kappa shape index (κ3) is 4.04. The fraction of sp³-hybridized carbons (Fsp3) is 0.647. The molecular formula is C17H24ClNO2. The quantitative estimate of drug-likeness (QED) is 0.844. The molecule has 3 nitrogen and oxygen atoms in total. The highest BCUT2D eigenvalue weighted by molar-refractivity contribution is 6.32. The molecule has 1 aromatic rings. The Hall–Kier alpha value is -0.930. The molecule has 0 unspecified atom stereocenters. The highest BCUT2D eigenvalue weighted by atomic mass is 35.5. The smallest absolute Gasteiger partial charge is 0.179 e. The summed E-state index contributed by atoms with van der Waals surface area (Å²) in [5.74, 6) is 1.49. The van der Waals surface area contributed by atoms with Crippen molar-refractivity contribution in [2.24, 2.45) is 0 Å². The van der Waals surface area contributed by atoms with E-state index in [0.717, 1.165) is 18.7 Å². The number of ether oxygens (including phenoxy) is 2. The fourth-order valence-electron chi connectivity index (χ4n) is 3.13. The van der Waals surface area contributed by atoms with Crippen molar-refractivity contribution in [2.75, 3.05) is 13.2 Å². The Morgan fingerprint density at radius 2 is 1.76 bits per heavy atom. The monoisotopic (exact) mass is 309 g/mol. The lowest BCUT2D eigenvalue weighted by molar-refractivity contribution is 0.297. The molecule has 0 bridgehead atoms. The van der Waals surface area contributed by atoms with E-state index in [4.69, 9.17) is 21.1 Å². The molecular weight excluding hydrogens is 286 g/mol. The zero-order valence-corrected chi connectivity index (χ0v) is 13.3. The van der Waals surface area contributed by atoms with Gasteiger partial charge in [-0.2, -0.15) is 0 Å². The van der Waals surface area contributed by atoms with Crippen LogP contribution in [-0.2, 0) is 6.54 Å². The van der Waals surface area contributed by atoms with Crippen molar-refractivity contribution >= 4 is 11.6 Å². The van der Waals surface area contributed by atoms with Gasteiger partial charge in [-0.05, 0) is 30.5 Å². The van der Waals surface area contributed by atoms with E-state index in [-0.39, 0.29) is 0 Å². The van der Waals surface area contributed by atoms with E-state index in [2.05, 4.69) is 11.4 Å². The van der Waals surface area contributed by atoms with Gasteiger partial charge in [-0.15, -0.1) is 0 Å². The first-order valence-electron chi connectivity index (χ1n) is 8.14. The minimum Gasteiger partial charge on any atom is -0.489 e. The van der Waals surface area contributed by atoms with Crippen LogP contribution in [0.2, 0.25) is 5.02 Å². The van der Waals surface area contributed by atoms with Crippen molar-refractivity contribution in [2.45, 2.75) is 57.5 Å². The van der Waals surface area contributed by atoms with E-state index >= 15 is 0 Å². The molecule has 1 saturated carbocycles. The first-order chi connectivity index (χ1) is 10.3. The van der Waals surface area contributed by atoms with E-state index in [1.807, 2.05) is 6.07 Å². The molecule has 0 saturated heterocycles. The Kier molecular flexibility index (Phi) is 5.26. The molecule has 0 aromatic heterocycles. The summed E-state index contributed by atoms with van der Waals surface area (Å²) in [5, 5.41) is 4.33. The van der Waals surface area contributed by atoms with Gasteiger partial charge < -0.3 is 14.8 Å². The van der Waals surface area contributed by atoms with Crippen LogP contribution in [-0.4, -0.2) is 19.3 Å². The van der Waals surface area contributed by atoms with E-state index in [9.17, 15) is 0 Å². The summed E-state index contributed by atoms with van der Waals surface area (Å²) in [4.78, 5) is 0. The third-order valence-corrected chi connectivity index (χ3v) is 4.59. The molecule has 0 amide bonds. The van der Waals surface area contributed by atoms with E-state index < -0.39 is 0 Å². The van der Waals surface area contributed by atoms with Crippen LogP contribution in [0.25, 0.3) is 0 Å². The van der Waals surface area contributed by atoms with Gasteiger partial charge in [-0.25, -0.2) is 0 Å². The molecule has 1 aliphatic heterocycles. The number of benzene rings is 1. The summed E-state index contributed by atoms with van der Waals surface area (Å²) in [6.07, 6.45) is 8.94. The highest BCUT2D eigenvalue weighted by Crippen LogP contribution is 2.38. The lowest BCUT2D eigenvalue weighted by Gasteiger charge is -2.17. The normalized spacial score (nSPS) is 19.9. The minimum atomic E-state index is 0.641. The second-order valence-corrected chi connectivity index (χ2v) is 6.43. The molecule has 1 aromatic carbocycles. The van der Waals surface area contributed by atoms with E-state index in [0.29, 0.717) is 30.0 Å². The SMILES string of the molecule is Clc1cc(CNC2CCCCCC2)cc2c1OCCCO2. The van der Waals surface area contributed by atoms with Gasteiger partial charge in [0.15, 0.2) is 11.5 Å². The second kappa shape index (κ2) is 7.37. The van der Waals surface area contributed by atoms with Gasteiger partial charge in [0.25, 0.3) is 0 Å². The zero-order valence-electron chi connectivity index (χ0n) is 12.5. The van der Waals surface area contributed by atoms with Gasteiger partial charge in [0.2, 0.25) is 0 Å². The first kappa shape index (κ1) is 15.0. The Morgan fingerprint density at radius 3 is 2.57 bits per heavy atom. The maximum Gasteiger partial charge on any atom is 0.179 e. The summed E-state index contributed by atoms with van der Waals surface area (Å²) >= 11 is 6.33. The van der Waals surface area contributed by atoms with Crippen molar-refractivity contribution in [1.29, 1.82) is 0 Å². The van der Waals surface area contributed by atoms with Crippen LogP contribution < -0.4 is 14.8 Å². The molecule has 1 fully saturated rings. The average molecular weight is 310 g/mol. The van der Waals surface area contributed by atoms with Crippen LogP contribution in [0.3, 0.4) is 0 Å². The Bertz CT molecular complexity index is 470. The van der Waals surface area contributed by atoms with Gasteiger partial charge in [0.1, 0.15) is 0 Å². The highest BCUT2D eigenvalue weighted by Gasteiger charge is 2.16. The molecule has 0 atom stereocenters. The van der Waals surface area contributed by atoms with Crippen LogP contribution in [0, 0.1) is 0 Å². The van der Waals surface area contributed by atoms with Crippen molar-refractivity contribution in [3.63, 3.8) is 0 Å². The average Bonchev–Trinajstić information content (AvgIpc) is 2.87. The van der Waals surface area contributed by atoms with Crippen LogP contribution in [0.5, 0.6) is 11.5 Å². The summed E-state index contributed by atoms with van der Waals surface area (Å²) in [7, 11) is 0. The minimum absolute atomic E-state index is 0.641. The molecule has 1 heterocycles. The van der Waals surface area contributed by atoms with Crippen molar-refractivity contribution in [3.05, 3.63) is 22.7 Å². The van der Waals surface area contributed by atoms with Gasteiger partial charge in [-0.3, -0.25) is 0 Å². The molecule has 2 aliphatic rings. The summed E-state index contributed by atoms with van der Waals surface area (Å²) in [5.41, 5.74) is 1.17. The summed E-state index contributed by atoms with van der Waals surface area (Å²) in [6, 6.07) is 4.71. The predicted molar refractivity (Wildman–Crippen MR) is 85.4 cm³/mol. The number of nitrogens with one attached hydrogen (secondary N) is 1. The Labute approximate surface area is 132 Å². The molecule has 4 heteroatoms. The Balaban J connectivity index is 1.65. The number of fused-ring (bicyclic) bond motifs is 1. The maximum absolute atomic E-state index is 6.33. The molecule has 116 valence electrons. The van der Waals surface area contributed by atoms with E-state index in [1.54, 1.807) is 0 Å². The molecule has 3 rings (SSSR count). The molecule has 0 radical (unpaired) electrons. The summed E-state index contributed by atoms with van der Waals surface area (Å²) < 4.78 is 11.4. The molecule has 0 spiro atoms. The number of hydrogen-bond acceptors (Lipinski definition) is 3. The van der Waals surface area contributed by atoms with Gasteiger partial charge >= 0.3 is 0 Å². The van der Waals surface area contributed by atoms with Crippen LogP contribution in [0.1, 0.15) is 50.5 Å². The number of halogens is 1. The van der Waals surface area contributed by atoms with E-state index in [1.165, 1.54) is 44.1 Å². The van der Waals surface area contributed by atoms with Crippen LogP contribution >= 0.6 is 11.6 Å². The zero-order chi connectivity index (χ0) is 14.5. The largest absolute Gasteiger partial charge is 0.489 e. The topological polar surface area (TPSA) is 30.5 Å². The van der Waals surface area contributed by atoms with Crippen molar-refractivity contribution < 1.29 is 9.47 Å². The fourth-order valence-corrected chi connectivity index (χ4v) is 3.42. The standard InChI is InChI=1S/C17H24ClNO2/c18-15-10-13(11-16-17(15)21-9-5-8-20-16)12-19-14-6-3-1-2-4-7-14/h10-11,14,19H,1-9,12H2. The Morgan fingerprint density at radius 1 is 1.00 bits per heavy atom. The molecule has 1 aliphatic carbocycles. The number of hydrogen-bond donors (Lipinski definition) is 1. The lowest BCUT2D eigenvalue weighted by atomic mass is 10.1. The molecule has 21 heavy (non-hydrogen) atoms.